The Morgan fingerprint density at radius 3 is 0.365 bits per heavy atom. The number of unbranched alkanes of at least 4 members (excludes halogenated alkanes) is 30. The van der Waals surface area contributed by atoms with Gasteiger partial charge >= 0.3 is 21.1 Å². The Kier molecular flexibility index (Phi) is 63.6. The fourth-order valence-electron chi connectivity index (χ4n) is 13.5. The van der Waals surface area contributed by atoms with Crippen LogP contribution in [-0.2, 0) is 81.8 Å². The van der Waals surface area contributed by atoms with E-state index < -0.39 is 92.2 Å². The van der Waals surface area contributed by atoms with Crippen LogP contribution in [0.25, 0.3) is 0 Å². The molecule has 0 aliphatic carbocycles. The minimum Gasteiger partial charge on any atom is -0.747 e. The summed E-state index contributed by atoms with van der Waals surface area (Å²) in [5, 5.41) is -5.33. The van der Waals surface area contributed by atoms with Crippen LogP contribution in [0.4, 0.5) is 0 Å². The van der Waals surface area contributed by atoms with Crippen LogP contribution in [0.1, 0.15) is 376 Å². The third-order valence-electron chi connectivity index (χ3n) is 20.0. The molecule has 0 amide bonds. The van der Waals surface area contributed by atoms with E-state index in [-0.39, 0.29) is 21.1 Å². The Morgan fingerprint density at radius 2 is 0.270 bits per heavy atom. The Balaban J connectivity index is 0.00000135. The molecule has 115 heavy (non-hydrogen) atoms. The smallest absolute Gasteiger partial charge is 0.747 e. The van der Waals surface area contributed by atoms with Gasteiger partial charge < -0.3 is 27.3 Å². The van der Waals surface area contributed by atoms with Gasteiger partial charge in [-0.25, -0.2) is 50.5 Å². The average Bonchev–Trinajstić information content (AvgIpc) is 0.884. The van der Waals surface area contributed by atoms with E-state index in [2.05, 4.69) is 41.5 Å². The predicted molar refractivity (Wildman–Crippen MR) is 461 cm³/mol. The molecule has 0 aromatic heterocycles. The van der Waals surface area contributed by atoms with E-state index in [9.17, 15) is 77.8 Å². The van der Waals surface area contributed by atoms with E-state index in [0.29, 0.717) is 71.9 Å². The molecule has 0 radical (unpaired) electrons. The van der Waals surface area contributed by atoms with Gasteiger partial charge in [-0.2, -0.15) is 0 Å². The van der Waals surface area contributed by atoms with Crippen molar-refractivity contribution in [2.45, 2.75) is 343 Å². The van der Waals surface area contributed by atoms with Crippen molar-refractivity contribution in [2.75, 3.05) is 0 Å². The molecule has 0 aliphatic heterocycles. The SMILES string of the molecule is CCCCCCCCC(c1ccccc1)S(=O)(=O)[O-].CCCCCCCCC(c1ccccc1)S(=O)(=O)[O-].CCCCCCCCC(c1ccccc1)S(=O)(=O)[O-].CCCCCCCCC(c1ccccc1)S(=O)(=O)[O-].CCCCCCCCC(c1ccccc1)S(=O)(=O)[O-].CCCCCCCCC(c1ccccc1)S(=O)(=O)[O-].[Mo+6]. The molecular formula is C90H138MoO18S6. The Bertz CT molecular complexity index is 3330. The molecule has 6 aromatic carbocycles. The van der Waals surface area contributed by atoms with Crippen LogP contribution in [0.2, 0.25) is 0 Å². The van der Waals surface area contributed by atoms with Crippen molar-refractivity contribution in [3.63, 3.8) is 0 Å². The minimum absolute atomic E-state index is 0. The normalized spacial score (nSPS) is 13.3. The molecule has 6 aromatic rings. The first kappa shape index (κ1) is 110. The second-order valence-electron chi connectivity index (χ2n) is 29.7. The van der Waals surface area contributed by atoms with Crippen LogP contribution in [0.3, 0.4) is 0 Å². The molecule has 0 N–H and O–H groups in total. The largest absolute Gasteiger partial charge is 6.00 e. The van der Waals surface area contributed by atoms with Crippen molar-refractivity contribution in [3.05, 3.63) is 215 Å². The first-order valence-corrected chi connectivity index (χ1v) is 51.1. The van der Waals surface area contributed by atoms with Crippen molar-refractivity contribution in [2.24, 2.45) is 0 Å². The van der Waals surface area contributed by atoms with Crippen LogP contribution < -0.4 is 0 Å². The maximum Gasteiger partial charge on any atom is 6.00 e. The van der Waals surface area contributed by atoms with Crippen LogP contribution in [0.5, 0.6) is 0 Å². The first-order chi connectivity index (χ1) is 54.3. The molecule has 0 saturated heterocycles. The maximum atomic E-state index is 11.3. The van der Waals surface area contributed by atoms with Gasteiger partial charge in [-0.05, 0) is 71.9 Å². The molecule has 0 saturated carbocycles. The molecule has 0 bridgehead atoms. The molecule has 6 unspecified atom stereocenters. The maximum absolute atomic E-state index is 11.3. The van der Waals surface area contributed by atoms with Gasteiger partial charge in [0.15, 0.2) is 0 Å². The van der Waals surface area contributed by atoms with Crippen LogP contribution in [0, 0.1) is 0 Å². The van der Waals surface area contributed by atoms with Gasteiger partial charge in [0.25, 0.3) is 0 Å². The fraction of sp³-hybridized carbons (Fsp3) is 0.600. The summed E-state index contributed by atoms with van der Waals surface area (Å²) in [6.45, 7) is 13.0. The molecule has 0 spiro atoms. The number of hydrogen-bond donors (Lipinski definition) is 0. The monoisotopic (exact) mass is 1800 g/mol. The van der Waals surface area contributed by atoms with Crippen molar-refractivity contribution in [3.8, 4) is 0 Å². The molecule has 648 valence electrons. The van der Waals surface area contributed by atoms with Gasteiger partial charge in [0, 0.05) is 0 Å². The number of rotatable bonds is 54. The third kappa shape index (κ3) is 55.1. The van der Waals surface area contributed by atoms with Crippen molar-refractivity contribution in [1.82, 2.24) is 0 Å². The van der Waals surface area contributed by atoms with Crippen LogP contribution in [-0.4, -0.2) is 77.8 Å². The van der Waals surface area contributed by atoms with Crippen molar-refractivity contribution in [1.29, 1.82) is 0 Å². The zero-order chi connectivity index (χ0) is 84.8. The molecule has 6 rings (SSSR count). The van der Waals surface area contributed by atoms with E-state index in [4.69, 9.17) is 0 Å². The molecule has 0 heterocycles. The Hall–Kier alpha value is -4.53. The number of benzene rings is 6. The van der Waals surface area contributed by atoms with E-state index in [1.54, 1.807) is 146 Å². The van der Waals surface area contributed by atoms with E-state index >= 15 is 0 Å². The zero-order valence-corrected chi connectivity index (χ0v) is 76.6. The standard InChI is InChI=1S/6C15H24O3S.Mo/c6*1-2-3-4-5-6-10-13-15(19(16,17)18)14-11-8-7-9-12-14;/h6*7-9,11-12,15H,2-6,10,13H2,1H3,(H,16,17,18);/q;;;;;;+6/p-6. The zero-order valence-electron chi connectivity index (χ0n) is 69.7. The van der Waals surface area contributed by atoms with Gasteiger partial charge in [0.2, 0.25) is 0 Å². The fourth-order valence-corrected chi connectivity index (χ4v) is 19.2. The van der Waals surface area contributed by atoms with Crippen molar-refractivity contribution >= 4 is 60.7 Å². The summed E-state index contributed by atoms with van der Waals surface area (Å²) in [5.41, 5.74) is 3.70. The molecular weight excluding hydrogens is 1660 g/mol. The molecule has 18 nitrogen and oxygen atoms in total. The molecule has 6 atom stereocenters. The van der Waals surface area contributed by atoms with Crippen molar-refractivity contribution < 1.29 is 98.9 Å². The minimum atomic E-state index is -4.27. The second-order valence-corrected chi connectivity index (χ2v) is 39.0. The second kappa shape index (κ2) is 66.2. The summed E-state index contributed by atoms with van der Waals surface area (Å²) in [6, 6.07) is 52.8. The van der Waals surface area contributed by atoms with E-state index in [0.717, 1.165) is 116 Å². The van der Waals surface area contributed by atoms with E-state index in [1.807, 2.05) is 36.4 Å². The predicted octanol–water partition coefficient (Wildman–Crippen LogP) is 24.1. The van der Waals surface area contributed by atoms with Gasteiger partial charge in [0.1, 0.15) is 60.7 Å². The van der Waals surface area contributed by atoms with Crippen LogP contribution >= 0.6 is 0 Å². The Labute approximate surface area is 712 Å². The summed E-state index contributed by atoms with van der Waals surface area (Å²) < 4.78 is 204. The summed E-state index contributed by atoms with van der Waals surface area (Å²) in [4.78, 5) is 0. The molecule has 0 fully saturated rings. The molecule has 0 aliphatic rings. The average molecular weight is 1800 g/mol. The Morgan fingerprint density at radius 1 is 0.174 bits per heavy atom. The summed E-state index contributed by atoms with van der Waals surface area (Å²) in [6.07, 6.45) is 41.8. The van der Waals surface area contributed by atoms with Gasteiger partial charge in [-0.3, -0.25) is 0 Å². The van der Waals surface area contributed by atoms with Gasteiger partial charge in [-0.1, -0.05) is 455 Å². The summed E-state index contributed by atoms with van der Waals surface area (Å²) in [7, 11) is -25.6. The first-order valence-electron chi connectivity index (χ1n) is 42.3. The van der Waals surface area contributed by atoms with Gasteiger partial charge in [-0.15, -0.1) is 0 Å². The quantitative estimate of drug-likeness (QED) is 0.0194. The topological polar surface area (TPSA) is 343 Å². The molecule has 25 heteroatoms. The third-order valence-corrected chi connectivity index (χ3v) is 27.3. The van der Waals surface area contributed by atoms with Gasteiger partial charge in [0.05, 0.1) is 31.5 Å². The summed E-state index contributed by atoms with van der Waals surface area (Å²) >= 11 is 0. The summed E-state index contributed by atoms with van der Waals surface area (Å²) in [5.74, 6) is 0. The van der Waals surface area contributed by atoms with E-state index in [1.165, 1.54) is 116 Å². The number of hydrogen-bond acceptors (Lipinski definition) is 18. The van der Waals surface area contributed by atoms with Crippen LogP contribution in [0.15, 0.2) is 182 Å².